The SMILES string of the molecule is C=C(O)c1csc(C(C)(C)C)c1N.CC(C)(C)c1sc(C(=O)NCc2ccccc2)cc1N.CC(C)(C)c1sc(C(=O)NCc2ccccc2C(F)(F)F)cc1N.CC(C)(C)c1sc(C(=O)NCc2ccccc2Cl)cc1N.CC(C)(C)c1sc(S(=O)(=O)NCc2ccccc2Cl)cc1N. The first-order valence-electron chi connectivity index (χ1n) is 31.5. The number of nitrogens with one attached hydrogen (secondary N) is 4. The lowest BCUT2D eigenvalue weighted by atomic mass is 9.93. The summed E-state index contributed by atoms with van der Waals surface area (Å²) in [6.45, 7) is 35.1. The van der Waals surface area contributed by atoms with Gasteiger partial charge in [0.1, 0.15) is 9.97 Å². The maximum atomic E-state index is 13.0. The number of carbonyl (C=O) groups is 3. The molecule has 15 N–H and O–H groups in total. The minimum absolute atomic E-state index is 0.0268. The average molecular weight is 1520 g/mol. The third-order valence-corrected chi connectivity index (χ3v) is 24.7. The number of anilines is 5. The van der Waals surface area contributed by atoms with Gasteiger partial charge in [0, 0.05) is 94.3 Å². The largest absolute Gasteiger partial charge is 0.508 e. The van der Waals surface area contributed by atoms with E-state index in [2.05, 4.69) is 89.6 Å². The molecule has 0 radical (unpaired) electrons. The van der Waals surface area contributed by atoms with Crippen LogP contribution in [0.3, 0.4) is 0 Å². The molecule has 0 aliphatic carbocycles. The lowest BCUT2D eigenvalue weighted by Gasteiger charge is -2.17. The number of halogens is 5. The highest BCUT2D eigenvalue weighted by atomic mass is 35.5. The molecule has 100 heavy (non-hydrogen) atoms. The number of benzene rings is 4. The van der Waals surface area contributed by atoms with Crippen molar-refractivity contribution in [3.63, 3.8) is 0 Å². The fraction of sp³-hybridized carbons (Fsp3) is 0.338. The third kappa shape index (κ3) is 24.1. The molecule has 5 aromatic heterocycles. The average Bonchev–Trinajstić information content (AvgIpc) is 1.61. The summed E-state index contributed by atoms with van der Waals surface area (Å²) < 4.78 is 66.5. The normalized spacial score (nSPS) is 11.9. The molecule has 0 unspecified atom stereocenters. The van der Waals surface area contributed by atoms with Crippen LogP contribution in [0.15, 0.2) is 144 Å². The van der Waals surface area contributed by atoms with Crippen LogP contribution in [-0.4, -0.2) is 31.2 Å². The summed E-state index contributed by atoms with van der Waals surface area (Å²) in [5.74, 6) is -0.577. The maximum Gasteiger partial charge on any atom is 0.416 e. The first-order chi connectivity index (χ1) is 46.1. The van der Waals surface area contributed by atoms with E-state index in [1.165, 1.54) is 69.6 Å². The Labute approximate surface area is 616 Å². The first kappa shape index (κ1) is 83.3. The monoisotopic (exact) mass is 1520 g/mol. The molecule has 0 saturated heterocycles. The van der Waals surface area contributed by atoms with Gasteiger partial charge in [-0.2, -0.15) is 13.2 Å². The van der Waals surface area contributed by atoms with E-state index in [-0.39, 0.29) is 67.5 Å². The predicted molar refractivity (Wildman–Crippen MR) is 417 cm³/mol. The van der Waals surface area contributed by atoms with Gasteiger partial charge in [-0.05, 0) is 91.8 Å². The highest BCUT2D eigenvalue weighted by Crippen LogP contribution is 2.41. The minimum Gasteiger partial charge on any atom is -0.508 e. The van der Waals surface area contributed by atoms with E-state index >= 15 is 0 Å². The number of nitrogen functional groups attached to an aromatic ring is 5. The van der Waals surface area contributed by atoms with Crippen LogP contribution < -0.4 is 49.3 Å². The van der Waals surface area contributed by atoms with Gasteiger partial charge >= 0.3 is 6.18 Å². The number of rotatable bonds is 14. The summed E-state index contributed by atoms with van der Waals surface area (Å²) >= 11 is 19.1. The lowest BCUT2D eigenvalue weighted by molar-refractivity contribution is -0.138. The van der Waals surface area contributed by atoms with Crippen LogP contribution in [-0.2, 0) is 69.5 Å². The molecule has 9 aromatic rings. The fourth-order valence-electron chi connectivity index (χ4n) is 9.45. The molecule has 4 aromatic carbocycles. The van der Waals surface area contributed by atoms with Gasteiger partial charge in [-0.1, -0.05) is 219 Å². The zero-order valence-electron chi connectivity index (χ0n) is 59.0. The summed E-state index contributed by atoms with van der Waals surface area (Å²) in [6, 6.07) is 36.2. The molecule has 26 heteroatoms. The molecule has 0 aliphatic heterocycles. The van der Waals surface area contributed by atoms with Crippen LogP contribution in [0, 0.1) is 0 Å². The Morgan fingerprint density at radius 3 is 1.16 bits per heavy atom. The molecule has 0 fully saturated rings. The predicted octanol–water partition coefficient (Wildman–Crippen LogP) is 19.3. The summed E-state index contributed by atoms with van der Waals surface area (Å²) in [5, 5.41) is 20.6. The summed E-state index contributed by atoms with van der Waals surface area (Å²) in [4.78, 5) is 43.2. The van der Waals surface area contributed by atoms with E-state index in [1.807, 2.05) is 108 Å². The Balaban J connectivity index is 0.000000228. The Kier molecular flexibility index (Phi) is 28.7. The van der Waals surface area contributed by atoms with Crippen LogP contribution in [0.5, 0.6) is 0 Å². The van der Waals surface area contributed by atoms with E-state index in [4.69, 9.17) is 51.9 Å². The second-order valence-corrected chi connectivity index (χ2v) is 36.2. The van der Waals surface area contributed by atoms with Gasteiger partial charge in [0.05, 0.1) is 25.9 Å². The van der Waals surface area contributed by atoms with Crippen molar-refractivity contribution in [1.29, 1.82) is 0 Å². The standard InChI is InChI=1S/C17H19F3N2OS.C16H19ClN2OS.C16H20N2OS.C15H19ClN2O2S2.C10H15NOS/c1-16(2,3)14-12(21)8-13(24-14)15(23)22-9-10-6-4-5-7-11(10)17(18,19)20;1-16(2,3)14-12(18)8-13(21-14)15(20)19-9-10-6-4-5-7-11(10)17;1-16(2,3)14-12(17)9-13(20-14)15(19)18-10-11-7-5-4-6-8-11;1-15(2,3)14-12(17)8-13(21-14)22(19,20)18-9-10-6-4-5-7-11(10)16;1-6(12)7-5-13-9(8(7)11)10(2,3)4/h4-8H,9,21H2,1-3H3,(H,22,23);4-8H,9,18H2,1-3H3,(H,19,20);4-9H,10,17H2,1-3H3,(H,18,19);4-8,18H,9,17H2,1-3H3;5,12H,1,11H2,2-4H3. The Morgan fingerprint density at radius 1 is 0.470 bits per heavy atom. The molecule has 0 atom stereocenters. The number of thiophene rings is 5. The molecule has 3 amide bonds. The molecule has 9 rings (SSSR count). The molecular formula is C74H92Cl2F3N9O6S6. The molecular weight excluding hydrogens is 1430 g/mol. The molecule has 0 aliphatic rings. The van der Waals surface area contributed by atoms with E-state index in [0.29, 0.717) is 71.8 Å². The van der Waals surface area contributed by atoms with Crippen molar-refractivity contribution in [1.82, 2.24) is 20.7 Å². The quantitative estimate of drug-likeness (QED) is 0.0457. The van der Waals surface area contributed by atoms with Crippen molar-refractivity contribution < 1.29 is 41.1 Å². The van der Waals surface area contributed by atoms with Crippen LogP contribution in [0.4, 0.5) is 41.6 Å². The zero-order valence-corrected chi connectivity index (χ0v) is 65.4. The van der Waals surface area contributed by atoms with Gasteiger partial charge in [0.15, 0.2) is 0 Å². The summed E-state index contributed by atoms with van der Waals surface area (Å²) in [7, 11) is -3.61. The number of hydrogen-bond donors (Lipinski definition) is 10. The third-order valence-electron chi connectivity index (χ3n) is 14.4. The number of carbonyl (C=O) groups excluding carboxylic acids is 3. The minimum atomic E-state index is -4.45. The number of sulfonamides is 1. The Morgan fingerprint density at radius 2 is 0.810 bits per heavy atom. The van der Waals surface area contributed by atoms with Gasteiger partial charge in [0.25, 0.3) is 17.7 Å². The number of amides is 3. The Bertz CT molecular complexity index is 4390. The molecule has 0 bridgehead atoms. The smallest absolute Gasteiger partial charge is 0.416 e. The van der Waals surface area contributed by atoms with Gasteiger partial charge in [0.2, 0.25) is 10.0 Å². The molecule has 0 spiro atoms. The molecule has 5 heterocycles. The van der Waals surface area contributed by atoms with Gasteiger partial charge < -0.3 is 49.7 Å². The van der Waals surface area contributed by atoms with Gasteiger partial charge in [-0.15, -0.1) is 56.7 Å². The van der Waals surface area contributed by atoms with Crippen molar-refractivity contribution >= 4 is 142 Å². The lowest BCUT2D eigenvalue weighted by Crippen LogP contribution is -2.23. The number of nitrogens with two attached hydrogens (primary N) is 5. The summed E-state index contributed by atoms with van der Waals surface area (Å²) in [5.41, 5.74) is 35.0. The number of alkyl halides is 3. The second-order valence-electron chi connectivity index (χ2n) is 28.3. The van der Waals surface area contributed by atoms with Gasteiger partial charge in [-0.25, -0.2) is 13.1 Å². The van der Waals surface area contributed by atoms with Crippen molar-refractivity contribution in [2.24, 2.45) is 0 Å². The van der Waals surface area contributed by atoms with Crippen molar-refractivity contribution in [3.8, 4) is 0 Å². The van der Waals surface area contributed by atoms with Crippen LogP contribution in [0.1, 0.15) is 191 Å². The van der Waals surface area contributed by atoms with Crippen molar-refractivity contribution in [2.45, 2.75) is 167 Å². The Hall–Kier alpha value is -7.39. The summed E-state index contributed by atoms with van der Waals surface area (Å²) in [6.07, 6.45) is -4.45. The highest BCUT2D eigenvalue weighted by molar-refractivity contribution is 7.91. The number of hydrogen-bond acceptors (Lipinski definition) is 16. The highest BCUT2D eigenvalue weighted by Gasteiger charge is 2.34. The van der Waals surface area contributed by atoms with Crippen molar-refractivity contribution in [2.75, 3.05) is 28.7 Å². The van der Waals surface area contributed by atoms with Crippen LogP contribution >= 0.6 is 79.9 Å². The zero-order chi connectivity index (χ0) is 75.3. The van der Waals surface area contributed by atoms with Crippen LogP contribution in [0.2, 0.25) is 10.0 Å². The van der Waals surface area contributed by atoms with E-state index in [9.17, 15) is 41.1 Å². The first-order valence-corrected chi connectivity index (χ1v) is 37.8. The van der Waals surface area contributed by atoms with Gasteiger partial charge in [-0.3, -0.25) is 14.4 Å². The second kappa shape index (κ2) is 34.5. The molecule has 15 nitrogen and oxygen atoms in total. The van der Waals surface area contributed by atoms with Crippen molar-refractivity contribution in [3.05, 3.63) is 222 Å². The maximum absolute atomic E-state index is 13.0. The number of aliphatic hydroxyl groups excluding tert-OH is 1. The topological polar surface area (TPSA) is 284 Å². The van der Waals surface area contributed by atoms with E-state index in [0.717, 1.165) is 47.1 Å². The van der Waals surface area contributed by atoms with E-state index < -0.39 is 27.7 Å². The fourth-order valence-corrected chi connectivity index (χ4v) is 16.6. The number of aliphatic hydroxyl groups is 1. The van der Waals surface area contributed by atoms with E-state index in [1.54, 1.807) is 47.7 Å². The van der Waals surface area contributed by atoms with Crippen LogP contribution in [0.25, 0.3) is 5.76 Å². The molecule has 0 saturated carbocycles. The molecule has 540 valence electrons.